The number of hydrogen-bond donors (Lipinski definition) is 3. The van der Waals surface area contributed by atoms with Crippen molar-refractivity contribution >= 4 is 39.1 Å². The molecule has 0 aliphatic heterocycles. The van der Waals surface area contributed by atoms with Crippen LogP contribution in [0.15, 0.2) is 59.4 Å². The van der Waals surface area contributed by atoms with E-state index in [9.17, 15) is 14.7 Å². The van der Waals surface area contributed by atoms with Crippen LogP contribution in [0.3, 0.4) is 0 Å². The van der Waals surface area contributed by atoms with E-state index in [1.54, 1.807) is 0 Å². The zero-order chi connectivity index (χ0) is 19.1. The standard InChI is InChI=1S/C20H12ClNO4S/c21-17-13(10-4-2-1-3-5-10)15-16(23)14(18(24)22-19(15)27-17)11-6-8-12(9-7-11)20(25)26/h1-9H,(H,25,26)(H2,22,23,24). The van der Waals surface area contributed by atoms with Gasteiger partial charge in [0.05, 0.1) is 16.5 Å². The van der Waals surface area contributed by atoms with Crippen molar-refractivity contribution in [2.24, 2.45) is 0 Å². The summed E-state index contributed by atoms with van der Waals surface area (Å²) in [5, 5.41) is 20.4. The molecule has 2 aromatic carbocycles. The summed E-state index contributed by atoms with van der Waals surface area (Å²) in [4.78, 5) is 26.8. The summed E-state index contributed by atoms with van der Waals surface area (Å²) < 4.78 is 0.459. The van der Waals surface area contributed by atoms with Gasteiger partial charge in [0.15, 0.2) is 0 Å². The van der Waals surface area contributed by atoms with Crippen molar-refractivity contribution in [1.29, 1.82) is 0 Å². The van der Waals surface area contributed by atoms with Gasteiger partial charge >= 0.3 is 5.97 Å². The zero-order valence-corrected chi connectivity index (χ0v) is 15.3. The molecule has 0 amide bonds. The van der Waals surface area contributed by atoms with Gasteiger partial charge in [-0.15, -0.1) is 11.3 Å². The summed E-state index contributed by atoms with van der Waals surface area (Å²) in [5.74, 6) is -1.25. The Morgan fingerprint density at radius 1 is 0.963 bits per heavy atom. The fourth-order valence-corrected chi connectivity index (χ4v) is 4.41. The SMILES string of the molecule is O=C(O)c1ccc(-c2c(O)c3c(-c4ccccc4)c(Cl)sc3[nH]c2=O)cc1. The third-order valence-electron chi connectivity index (χ3n) is 4.28. The highest BCUT2D eigenvalue weighted by molar-refractivity contribution is 7.23. The quantitative estimate of drug-likeness (QED) is 0.454. The number of rotatable bonds is 3. The molecule has 0 radical (unpaired) electrons. The summed E-state index contributed by atoms with van der Waals surface area (Å²) in [6.45, 7) is 0. The monoisotopic (exact) mass is 397 g/mol. The minimum atomic E-state index is -1.06. The van der Waals surface area contributed by atoms with Crippen LogP contribution in [-0.4, -0.2) is 21.2 Å². The maximum Gasteiger partial charge on any atom is 0.335 e. The summed E-state index contributed by atoms with van der Waals surface area (Å²) in [7, 11) is 0. The van der Waals surface area contributed by atoms with Crippen molar-refractivity contribution in [3.05, 3.63) is 74.9 Å². The van der Waals surface area contributed by atoms with Gasteiger partial charge in [-0.2, -0.15) is 0 Å². The number of aromatic carboxylic acids is 1. The molecular formula is C20H12ClNO4S. The Morgan fingerprint density at radius 2 is 1.59 bits per heavy atom. The van der Waals surface area contributed by atoms with Gasteiger partial charge in [0.1, 0.15) is 14.9 Å². The van der Waals surface area contributed by atoms with Crippen molar-refractivity contribution in [3.8, 4) is 28.0 Å². The molecular weight excluding hydrogens is 386 g/mol. The Hall–Kier alpha value is -3.09. The topological polar surface area (TPSA) is 90.4 Å². The van der Waals surface area contributed by atoms with E-state index >= 15 is 0 Å². The van der Waals surface area contributed by atoms with Crippen molar-refractivity contribution in [2.75, 3.05) is 0 Å². The lowest BCUT2D eigenvalue weighted by Gasteiger charge is -2.08. The summed E-state index contributed by atoms with van der Waals surface area (Å²) >= 11 is 7.58. The minimum Gasteiger partial charge on any atom is -0.506 e. The highest BCUT2D eigenvalue weighted by Crippen LogP contribution is 2.46. The number of pyridine rings is 1. The smallest absolute Gasteiger partial charge is 0.335 e. The molecule has 3 N–H and O–H groups in total. The molecule has 0 aliphatic rings. The molecule has 0 bridgehead atoms. The van der Waals surface area contributed by atoms with E-state index in [1.807, 2.05) is 30.3 Å². The zero-order valence-electron chi connectivity index (χ0n) is 13.7. The second kappa shape index (κ2) is 6.57. The normalized spacial score (nSPS) is 11.0. The van der Waals surface area contributed by atoms with Crippen molar-refractivity contribution < 1.29 is 15.0 Å². The van der Waals surface area contributed by atoms with Gasteiger partial charge in [0.2, 0.25) is 0 Å². The average molecular weight is 398 g/mol. The van der Waals surface area contributed by atoms with Crippen LogP contribution in [0.25, 0.3) is 32.5 Å². The van der Waals surface area contributed by atoms with Gasteiger partial charge in [-0.3, -0.25) is 4.79 Å². The Bertz CT molecular complexity index is 1230. The largest absolute Gasteiger partial charge is 0.506 e. The Morgan fingerprint density at radius 3 is 2.22 bits per heavy atom. The van der Waals surface area contributed by atoms with Gasteiger partial charge in [-0.1, -0.05) is 54.1 Å². The minimum absolute atomic E-state index is 0.0751. The number of aromatic nitrogens is 1. The Balaban J connectivity index is 2.00. The molecule has 2 heterocycles. The molecule has 134 valence electrons. The molecule has 0 aliphatic carbocycles. The van der Waals surface area contributed by atoms with Gasteiger partial charge in [0, 0.05) is 5.56 Å². The van der Waals surface area contributed by atoms with Crippen LogP contribution in [0.4, 0.5) is 0 Å². The molecule has 4 aromatic rings. The van der Waals surface area contributed by atoms with Crippen LogP contribution >= 0.6 is 22.9 Å². The predicted molar refractivity (Wildman–Crippen MR) is 107 cm³/mol. The van der Waals surface area contributed by atoms with Gasteiger partial charge in [-0.05, 0) is 23.3 Å². The number of aromatic amines is 1. The fraction of sp³-hybridized carbons (Fsp3) is 0. The van der Waals surface area contributed by atoms with E-state index in [0.717, 1.165) is 5.56 Å². The van der Waals surface area contributed by atoms with Crippen molar-refractivity contribution in [1.82, 2.24) is 4.98 Å². The first kappa shape index (κ1) is 17.3. The highest BCUT2D eigenvalue weighted by Gasteiger charge is 2.22. The summed E-state index contributed by atoms with van der Waals surface area (Å²) in [5.41, 5.74) is 1.59. The van der Waals surface area contributed by atoms with E-state index < -0.39 is 11.5 Å². The first-order chi connectivity index (χ1) is 13.0. The van der Waals surface area contributed by atoms with E-state index in [4.69, 9.17) is 16.7 Å². The number of benzene rings is 2. The Labute approximate surface area is 162 Å². The molecule has 0 unspecified atom stereocenters. The molecule has 0 saturated carbocycles. The molecule has 0 fully saturated rings. The summed E-state index contributed by atoms with van der Waals surface area (Å²) in [6.07, 6.45) is 0. The maximum atomic E-state index is 12.6. The third kappa shape index (κ3) is 2.89. The number of thiophene rings is 1. The van der Waals surface area contributed by atoms with Gasteiger partial charge in [-0.25, -0.2) is 4.79 Å². The number of hydrogen-bond acceptors (Lipinski definition) is 4. The second-order valence-corrected chi connectivity index (χ2v) is 7.50. The maximum absolute atomic E-state index is 12.6. The molecule has 0 spiro atoms. The summed E-state index contributed by atoms with van der Waals surface area (Å²) in [6, 6.07) is 15.1. The average Bonchev–Trinajstić information content (AvgIpc) is 2.98. The second-order valence-electron chi connectivity index (χ2n) is 5.88. The van der Waals surface area contributed by atoms with E-state index in [2.05, 4.69) is 4.98 Å². The predicted octanol–water partition coefficient (Wildman–Crippen LogP) is 4.98. The molecule has 0 atom stereocenters. The number of fused-ring (bicyclic) bond motifs is 1. The number of nitrogens with one attached hydrogen (secondary N) is 1. The molecule has 27 heavy (non-hydrogen) atoms. The van der Waals surface area contributed by atoms with Crippen LogP contribution in [0.2, 0.25) is 4.34 Å². The molecule has 0 saturated heterocycles. The number of carboxylic acids is 1. The lowest BCUT2D eigenvalue weighted by Crippen LogP contribution is -2.08. The lowest BCUT2D eigenvalue weighted by molar-refractivity contribution is 0.0697. The fourth-order valence-electron chi connectivity index (χ4n) is 3.03. The van der Waals surface area contributed by atoms with E-state index in [0.29, 0.717) is 25.7 Å². The molecule has 5 nitrogen and oxygen atoms in total. The van der Waals surface area contributed by atoms with Crippen LogP contribution in [0.5, 0.6) is 5.75 Å². The first-order valence-electron chi connectivity index (χ1n) is 7.93. The van der Waals surface area contributed by atoms with Crippen LogP contribution in [-0.2, 0) is 0 Å². The Kier molecular flexibility index (Phi) is 4.22. The van der Waals surface area contributed by atoms with E-state index in [1.165, 1.54) is 35.6 Å². The number of carboxylic acid groups (broad SMARTS) is 1. The number of halogens is 1. The van der Waals surface area contributed by atoms with Crippen LogP contribution in [0.1, 0.15) is 10.4 Å². The van der Waals surface area contributed by atoms with Crippen LogP contribution < -0.4 is 5.56 Å². The molecule has 7 heteroatoms. The number of H-pyrrole nitrogens is 1. The van der Waals surface area contributed by atoms with Crippen molar-refractivity contribution in [2.45, 2.75) is 0 Å². The molecule has 4 rings (SSSR count). The van der Waals surface area contributed by atoms with Gasteiger partial charge in [0.25, 0.3) is 5.56 Å². The van der Waals surface area contributed by atoms with Crippen LogP contribution in [0, 0.1) is 0 Å². The molecule has 2 aromatic heterocycles. The van der Waals surface area contributed by atoms with E-state index in [-0.39, 0.29) is 16.9 Å². The van der Waals surface area contributed by atoms with Gasteiger partial charge < -0.3 is 15.2 Å². The first-order valence-corrected chi connectivity index (χ1v) is 9.13. The van der Waals surface area contributed by atoms with Crippen molar-refractivity contribution in [3.63, 3.8) is 0 Å². The number of carbonyl (C=O) groups is 1. The lowest BCUT2D eigenvalue weighted by atomic mass is 10.00. The number of aromatic hydroxyl groups is 1. The highest BCUT2D eigenvalue weighted by atomic mass is 35.5. The third-order valence-corrected chi connectivity index (χ3v) is 5.59.